The van der Waals surface area contributed by atoms with Crippen molar-refractivity contribution in [3.8, 4) is 0 Å². The van der Waals surface area contributed by atoms with E-state index in [1.807, 2.05) is 0 Å². The summed E-state index contributed by atoms with van der Waals surface area (Å²) in [6, 6.07) is 0.628. The fourth-order valence-corrected chi connectivity index (χ4v) is 1.27. The third-order valence-corrected chi connectivity index (χ3v) is 1.78. The Hall–Kier alpha value is 0.560. The lowest BCUT2D eigenvalue weighted by Crippen LogP contribution is -2.37. The maximum absolute atomic E-state index is 5.02. The molecule has 0 spiro atoms. The molecule has 1 heterocycles. The van der Waals surface area contributed by atoms with Crippen molar-refractivity contribution in [1.29, 1.82) is 0 Å². The monoisotopic (exact) mass is 199 g/mol. The topological polar surface area (TPSA) is 21.3 Å². The first-order valence-electron chi connectivity index (χ1n) is 3.66. The van der Waals surface area contributed by atoms with E-state index in [1.165, 1.54) is 25.8 Å². The first kappa shape index (κ1) is 14.1. The lowest BCUT2D eigenvalue weighted by atomic mass is 10.1. The van der Waals surface area contributed by atoms with Crippen LogP contribution in [0.25, 0.3) is 0 Å². The molecule has 1 aliphatic heterocycles. The van der Waals surface area contributed by atoms with E-state index >= 15 is 0 Å². The Bertz CT molecular complexity index is 76.1. The van der Waals surface area contributed by atoms with Crippen LogP contribution < -0.4 is 5.32 Å². The zero-order valence-electron chi connectivity index (χ0n) is 6.93. The highest BCUT2D eigenvalue weighted by Gasteiger charge is 2.10. The predicted octanol–water partition coefficient (Wildman–Crippen LogP) is 1.31. The van der Waals surface area contributed by atoms with Gasteiger partial charge < -0.3 is 10.1 Å². The molecule has 0 aliphatic carbocycles. The van der Waals surface area contributed by atoms with Crippen molar-refractivity contribution in [3.63, 3.8) is 0 Å². The number of hydrogen-bond acceptors (Lipinski definition) is 2. The van der Waals surface area contributed by atoms with Gasteiger partial charge in [-0.25, -0.2) is 0 Å². The van der Waals surface area contributed by atoms with Crippen LogP contribution in [0.3, 0.4) is 0 Å². The smallest absolute Gasteiger partial charge is 0.0615 e. The van der Waals surface area contributed by atoms with Gasteiger partial charge in [0, 0.05) is 13.2 Å². The molecule has 4 heteroatoms. The first-order valence-corrected chi connectivity index (χ1v) is 3.66. The zero-order chi connectivity index (χ0) is 6.53. The van der Waals surface area contributed by atoms with Crippen molar-refractivity contribution in [1.82, 2.24) is 5.32 Å². The molecule has 0 aromatic rings. The van der Waals surface area contributed by atoms with Gasteiger partial charge in [-0.2, -0.15) is 13.5 Å². The summed E-state index contributed by atoms with van der Waals surface area (Å²) in [4.78, 5) is 0. The second kappa shape index (κ2) is 8.65. The van der Waals surface area contributed by atoms with Gasteiger partial charge in [0.25, 0.3) is 0 Å². The number of halogens is 1. The lowest BCUT2D eigenvalue weighted by Gasteiger charge is -2.22. The molecule has 0 aromatic heterocycles. The van der Waals surface area contributed by atoms with Gasteiger partial charge in [-0.1, -0.05) is 6.42 Å². The molecule has 1 aliphatic rings. The zero-order valence-corrected chi connectivity index (χ0v) is 8.75. The normalized spacial score (nSPS) is 23.2. The largest absolute Gasteiger partial charge is 0.383 e. The quantitative estimate of drug-likeness (QED) is 0.725. The van der Waals surface area contributed by atoms with E-state index < -0.39 is 0 Å². The van der Waals surface area contributed by atoms with Gasteiger partial charge in [0.2, 0.25) is 0 Å². The number of hydrogen-bond donors (Lipinski definition) is 1. The van der Waals surface area contributed by atoms with Crippen LogP contribution in [0.2, 0.25) is 0 Å². The van der Waals surface area contributed by atoms with Crippen molar-refractivity contribution in [2.45, 2.75) is 25.3 Å². The maximum atomic E-state index is 5.02. The number of methoxy groups -OCH3 is 1. The lowest BCUT2D eigenvalue weighted by molar-refractivity contribution is 0.154. The van der Waals surface area contributed by atoms with Crippen LogP contribution in [0, 0.1) is 0 Å². The second-order valence-electron chi connectivity index (χ2n) is 2.60. The molecule has 1 fully saturated rings. The summed E-state index contributed by atoms with van der Waals surface area (Å²) >= 11 is 0. The Morgan fingerprint density at radius 3 is 2.64 bits per heavy atom. The van der Waals surface area contributed by atoms with E-state index in [4.69, 9.17) is 4.74 Å². The molecule has 1 atom stereocenters. The molecule has 0 radical (unpaired) electrons. The van der Waals surface area contributed by atoms with E-state index in [-0.39, 0.29) is 25.9 Å². The molecule has 0 unspecified atom stereocenters. The number of rotatable bonds is 2. The number of ether oxygens (including phenoxy) is 1. The van der Waals surface area contributed by atoms with Crippen LogP contribution in [0.4, 0.5) is 0 Å². The maximum Gasteiger partial charge on any atom is 0.0615 e. The molecule has 0 aromatic carbocycles. The SMILES string of the molecule is COC[C@@H]1CCCCN1.Cl.S. The van der Waals surface area contributed by atoms with E-state index in [0.717, 1.165) is 6.61 Å². The molecule has 2 nitrogen and oxygen atoms in total. The Balaban J connectivity index is 0. The average Bonchev–Trinajstić information content (AvgIpc) is 1.91. The van der Waals surface area contributed by atoms with Crippen molar-refractivity contribution in [2.75, 3.05) is 20.3 Å². The molecule has 11 heavy (non-hydrogen) atoms. The summed E-state index contributed by atoms with van der Waals surface area (Å²) in [5, 5.41) is 3.40. The molecule has 1 rings (SSSR count). The van der Waals surface area contributed by atoms with Crippen molar-refractivity contribution in [3.05, 3.63) is 0 Å². The summed E-state index contributed by atoms with van der Waals surface area (Å²) < 4.78 is 5.02. The van der Waals surface area contributed by atoms with Crippen LogP contribution in [-0.4, -0.2) is 26.3 Å². The van der Waals surface area contributed by atoms with Crippen molar-refractivity contribution < 1.29 is 4.74 Å². The average molecular weight is 200 g/mol. The van der Waals surface area contributed by atoms with E-state index in [2.05, 4.69) is 5.32 Å². The summed E-state index contributed by atoms with van der Waals surface area (Å²) in [7, 11) is 1.76. The fourth-order valence-electron chi connectivity index (χ4n) is 1.27. The molecule has 1 N–H and O–H groups in total. The molecular formula is C7H18ClNOS. The highest BCUT2D eigenvalue weighted by atomic mass is 35.5. The molecular weight excluding hydrogens is 182 g/mol. The number of piperidine rings is 1. The minimum atomic E-state index is 0. The van der Waals surface area contributed by atoms with Gasteiger partial charge in [0.1, 0.15) is 0 Å². The Morgan fingerprint density at radius 2 is 2.18 bits per heavy atom. The summed E-state index contributed by atoms with van der Waals surface area (Å²) in [5.74, 6) is 0. The van der Waals surface area contributed by atoms with Crippen molar-refractivity contribution >= 4 is 25.9 Å². The minimum absolute atomic E-state index is 0. The van der Waals surface area contributed by atoms with Crippen LogP contribution in [0.1, 0.15) is 19.3 Å². The van der Waals surface area contributed by atoms with Crippen LogP contribution in [0.15, 0.2) is 0 Å². The van der Waals surface area contributed by atoms with E-state index in [9.17, 15) is 0 Å². The number of nitrogens with one attached hydrogen (secondary N) is 1. The van der Waals surface area contributed by atoms with Gasteiger partial charge in [-0.15, -0.1) is 12.4 Å². The van der Waals surface area contributed by atoms with Gasteiger partial charge in [0.15, 0.2) is 0 Å². The summed E-state index contributed by atoms with van der Waals surface area (Å²) in [6.07, 6.45) is 3.98. The van der Waals surface area contributed by atoms with Gasteiger partial charge in [-0.05, 0) is 19.4 Å². The van der Waals surface area contributed by atoms with Gasteiger partial charge >= 0.3 is 0 Å². The van der Waals surface area contributed by atoms with Crippen LogP contribution in [-0.2, 0) is 4.74 Å². The molecule has 70 valence electrons. The van der Waals surface area contributed by atoms with Gasteiger partial charge in [-0.3, -0.25) is 0 Å². The molecule has 0 saturated carbocycles. The van der Waals surface area contributed by atoms with E-state index in [1.54, 1.807) is 7.11 Å². The summed E-state index contributed by atoms with van der Waals surface area (Å²) in [5.41, 5.74) is 0. The predicted molar refractivity (Wildman–Crippen MR) is 55.1 cm³/mol. The third kappa shape index (κ3) is 5.79. The third-order valence-electron chi connectivity index (χ3n) is 1.78. The summed E-state index contributed by atoms with van der Waals surface area (Å²) in [6.45, 7) is 2.05. The molecule has 0 amide bonds. The Labute approximate surface area is 81.9 Å². The highest BCUT2D eigenvalue weighted by molar-refractivity contribution is 7.59. The van der Waals surface area contributed by atoms with Crippen molar-refractivity contribution in [2.24, 2.45) is 0 Å². The van der Waals surface area contributed by atoms with Crippen LogP contribution in [0.5, 0.6) is 0 Å². The van der Waals surface area contributed by atoms with Crippen LogP contribution >= 0.6 is 25.9 Å². The fraction of sp³-hybridized carbons (Fsp3) is 1.00. The molecule has 0 bridgehead atoms. The van der Waals surface area contributed by atoms with Gasteiger partial charge in [0.05, 0.1) is 6.61 Å². The minimum Gasteiger partial charge on any atom is -0.383 e. The first-order chi connectivity index (χ1) is 4.43. The highest BCUT2D eigenvalue weighted by Crippen LogP contribution is 2.06. The Kier molecular flexibility index (Phi) is 11.1. The second-order valence-corrected chi connectivity index (χ2v) is 2.60. The Morgan fingerprint density at radius 1 is 1.45 bits per heavy atom. The standard InChI is InChI=1S/C7H15NO.ClH.H2S/c1-9-6-7-4-2-3-5-8-7;;/h7-8H,2-6H2,1H3;1H;1H2/t7-;;/m0../s1. The van der Waals surface area contributed by atoms with E-state index in [0.29, 0.717) is 6.04 Å². The molecule has 1 saturated heterocycles.